The summed E-state index contributed by atoms with van der Waals surface area (Å²) in [6.45, 7) is 11.1. The van der Waals surface area contributed by atoms with Crippen molar-refractivity contribution in [2.45, 2.75) is 52.9 Å². The number of benzene rings is 2. The van der Waals surface area contributed by atoms with Crippen LogP contribution in [0.1, 0.15) is 67.9 Å². The van der Waals surface area contributed by atoms with Gasteiger partial charge in [0, 0.05) is 13.1 Å². The Balaban J connectivity index is 2.23. The molecule has 0 bridgehead atoms. The van der Waals surface area contributed by atoms with Gasteiger partial charge >= 0.3 is 0 Å². The second kappa shape index (κ2) is 9.90. The fourth-order valence-electron chi connectivity index (χ4n) is 4.11. The number of halogens is 1. The molecule has 168 valence electrons. The predicted octanol–water partition coefficient (Wildman–Crippen LogP) is 6.12. The van der Waals surface area contributed by atoms with Crippen molar-refractivity contribution in [1.29, 1.82) is 0 Å². The van der Waals surface area contributed by atoms with Gasteiger partial charge in [0.25, 0.3) is 5.91 Å². The summed E-state index contributed by atoms with van der Waals surface area (Å²) in [4.78, 5) is 28.7. The van der Waals surface area contributed by atoms with Crippen molar-refractivity contribution in [3.8, 4) is 11.1 Å². The van der Waals surface area contributed by atoms with Crippen LogP contribution in [-0.4, -0.2) is 18.0 Å². The number of hydrogen-bond donors (Lipinski definition) is 2. The lowest BCUT2D eigenvalue weighted by molar-refractivity contribution is -0.118. The number of hydrogen-bond acceptors (Lipinski definition) is 4. The Morgan fingerprint density at radius 2 is 2.06 bits per heavy atom. The van der Waals surface area contributed by atoms with Gasteiger partial charge < -0.3 is 5.32 Å². The maximum atomic E-state index is 15.3. The maximum absolute atomic E-state index is 15.3. The Bertz CT molecular complexity index is 1090. The third-order valence-corrected chi connectivity index (χ3v) is 6.01. The molecule has 1 unspecified atom stereocenters. The van der Waals surface area contributed by atoms with E-state index < -0.39 is 17.6 Å². The van der Waals surface area contributed by atoms with E-state index in [2.05, 4.69) is 35.2 Å². The van der Waals surface area contributed by atoms with Crippen molar-refractivity contribution < 1.29 is 14.0 Å². The largest absolute Gasteiger partial charge is 0.361 e. The Morgan fingerprint density at radius 3 is 2.69 bits per heavy atom. The van der Waals surface area contributed by atoms with Crippen LogP contribution >= 0.6 is 0 Å². The van der Waals surface area contributed by atoms with Gasteiger partial charge in [-0.2, -0.15) is 0 Å². The van der Waals surface area contributed by atoms with E-state index in [-0.39, 0.29) is 11.5 Å². The number of imide groups is 1. The highest BCUT2D eigenvalue weighted by molar-refractivity contribution is 6.09. The number of rotatable bonds is 7. The molecule has 0 saturated heterocycles. The molecule has 2 aromatic carbocycles. The molecule has 1 aliphatic rings. The lowest BCUT2D eigenvalue weighted by atomic mass is 9.85. The van der Waals surface area contributed by atoms with E-state index in [1.165, 1.54) is 24.8 Å². The molecule has 0 fully saturated rings. The zero-order valence-corrected chi connectivity index (χ0v) is 19.1. The number of amides is 2. The van der Waals surface area contributed by atoms with Gasteiger partial charge in [-0.15, -0.1) is 0 Å². The van der Waals surface area contributed by atoms with Crippen LogP contribution in [0.2, 0.25) is 0 Å². The van der Waals surface area contributed by atoms with Crippen molar-refractivity contribution in [2.75, 3.05) is 5.32 Å². The van der Waals surface area contributed by atoms with Gasteiger partial charge in [0.1, 0.15) is 5.82 Å². The molecule has 0 radical (unpaired) electrons. The summed E-state index contributed by atoms with van der Waals surface area (Å²) in [5, 5.41) is 5.14. The molecule has 1 aliphatic heterocycles. The Hall–Kier alpha value is -3.28. The molecule has 32 heavy (non-hydrogen) atoms. The Morgan fingerprint density at radius 1 is 1.31 bits per heavy atom. The minimum absolute atomic E-state index is 0.0148. The maximum Gasteiger partial charge on any atom is 0.262 e. The minimum atomic E-state index is -0.781. The summed E-state index contributed by atoms with van der Waals surface area (Å²) in [7, 11) is 0. The fourth-order valence-corrected chi connectivity index (χ4v) is 4.11. The Kier molecular flexibility index (Phi) is 7.23. The summed E-state index contributed by atoms with van der Waals surface area (Å²) in [5.41, 5.74) is 4.52. The summed E-state index contributed by atoms with van der Waals surface area (Å²) in [6, 6.07) is 7.40. The van der Waals surface area contributed by atoms with Crippen molar-refractivity contribution >= 4 is 29.4 Å². The van der Waals surface area contributed by atoms with Gasteiger partial charge in [-0.3, -0.25) is 19.9 Å². The van der Waals surface area contributed by atoms with Gasteiger partial charge in [-0.1, -0.05) is 39.5 Å². The molecule has 2 aromatic rings. The Labute approximate surface area is 188 Å². The zero-order chi connectivity index (χ0) is 23.4. The van der Waals surface area contributed by atoms with E-state index >= 15 is 4.39 Å². The van der Waals surface area contributed by atoms with Crippen molar-refractivity contribution in [2.24, 2.45) is 10.9 Å². The molecular weight excluding hydrogens is 405 g/mol. The summed E-state index contributed by atoms with van der Waals surface area (Å²) in [5.74, 6) is -1.59. The number of carbonyl (C=O) groups excluding carboxylic acids is 2. The summed E-state index contributed by atoms with van der Waals surface area (Å²) >= 11 is 0. The van der Waals surface area contributed by atoms with Crippen LogP contribution in [0.25, 0.3) is 11.1 Å². The highest BCUT2D eigenvalue weighted by Crippen LogP contribution is 2.42. The van der Waals surface area contributed by atoms with Crippen LogP contribution in [0.5, 0.6) is 0 Å². The first-order valence-corrected chi connectivity index (χ1v) is 11.0. The number of nitrogens with zero attached hydrogens (tertiary/aromatic N) is 1. The van der Waals surface area contributed by atoms with Crippen molar-refractivity contribution in [3.63, 3.8) is 0 Å². The van der Waals surface area contributed by atoms with E-state index in [1.54, 1.807) is 0 Å². The lowest BCUT2D eigenvalue weighted by Gasteiger charge is -2.24. The smallest absolute Gasteiger partial charge is 0.262 e. The molecule has 0 spiro atoms. The van der Waals surface area contributed by atoms with Gasteiger partial charge in [-0.25, -0.2) is 4.39 Å². The average molecular weight is 436 g/mol. The first-order chi connectivity index (χ1) is 15.3. The first kappa shape index (κ1) is 23.4. The van der Waals surface area contributed by atoms with Crippen molar-refractivity contribution in [1.82, 2.24) is 5.32 Å². The molecule has 6 heteroatoms. The number of fused-ring (bicyclic) bond motifs is 1. The SMILES string of the molecule is C=CNc1c(C(=O)NC(C)=O)c(F)cc(-c2ccc3c(c2)N=CC(CC)C3)c1[C@H](C)CC. The molecule has 2 amide bonds. The topological polar surface area (TPSA) is 70.6 Å². The first-order valence-electron chi connectivity index (χ1n) is 11.0. The van der Waals surface area contributed by atoms with Gasteiger partial charge in [0.05, 0.1) is 16.9 Å². The van der Waals surface area contributed by atoms with Gasteiger partial charge in [0.15, 0.2) is 0 Å². The van der Waals surface area contributed by atoms with Gasteiger partial charge in [0.2, 0.25) is 5.91 Å². The molecule has 0 saturated carbocycles. The molecule has 3 rings (SSSR count). The third kappa shape index (κ3) is 4.64. The van der Waals surface area contributed by atoms with E-state index in [9.17, 15) is 9.59 Å². The van der Waals surface area contributed by atoms with E-state index in [4.69, 9.17) is 0 Å². The van der Waals surface area contributed by atoms with Crippen LogP contribution < -0.4 is 10.6 Å². The third-order valence-electron chi connectivity index (χ3n) is 6.01. The molecule has 1 heterocycles. The molecule has 2 atom stereocenters. The summed E-state index contributed by atoms with van der Waals surface area (Å²) in [6.07, 6.45) is 6.16. The average Bonchev–Trinajstić information content (AvgIpc) is 2.77. The van der Waals surface area contributed by atoms with Crippen LogP contribution in [0.4, 0.5) is 15.8 Å². The van der Waals surface area contributed by atoms with E-state index in [0.29, 0.717) is 17.2 Å². The highest BCUT2D eigenvalue weighted by atomic mass is 19.1. The lowest BCUT2D eigenvalue weighted by Crippen LogP contribution is -2.30. The highest BCUT2D eigenvalue weighted by Gasteiger charge is 2.27. The standard InChI is InChI=1S/C26H30FN3O2/c1-6-15(4)23-20(18-9-10-19-11-17(7-2)14-29-22(19)12-18)13-21(27)24(25(23)28-8-3)26(32)30-16(5)31/h8-10,12-15,17,28H,3,6-7,11H2,1-2,4-5H3,(H,30,31,32)/t15-,17?/m1/s1. The van der Waals surface area contributed by atoms with E-state index in [0.717, 1.165) is 36.1 Å². The van der Waals surface area contributed by atoms with Crippen LogP contribution in [0.3, 0.4) is 0 Å². The molecule has 2 N–H and O–H groups in total. The monoisotopic (exact) mass is 435 g/mol. The molecule has 5 nitrogen and oxygen atoms in total. The zero-order valence-electron chi connectivity index (χ0n) is 19.1. The minimum Gasteiger partial charge on any atom is -0.361 e. The number of aliphatic imine (C=N–C) groups is 1. The number of nitrogens with one attached hydrogen (secondary N) is 2. The quantitative estimate of drug-likeness (QED) is 0.550. The number of carbonyl (C=O) groups is 2. The predicted molar refractivity (Wildman–Crippen MR) is 128 cm³/mol. The fraction of sp³-hybridized carbons (Fsp3) is 0.346. The summed E-state index contributed by atoms with van der Waals surface area (Å²) < 4.78 is 15.3. The number of anilines is 1. The molecule has 0 aliphatic carbocycles. The van der Waals surface area contributed by atoms with Crippen molar-refractivity contribution in [3.05, 3.63) is 59.6 Å². The molecular formula is C26H30FN3O2. The second-order valence-corrected chi connectivity index (χ2v) is 8.23. The van der Waals surface area contributed by atoms with Crippen LogP contribution in [0, 0.1) is 11.7 Å². The second-order valence-electron chi connectivity index (χ2n) is 8.23. The molecule has 0 aromatic heterocycles. The van der Waals surface area contributed by atoms with Gasteiger partial charge in [-0.05, 0) is 71.7 Å². The van der Waals surface area contributed by atoms with Crippen LogP contribution in [0.15, 0.2) is 42.0 Å². The van der Waals surface area contributed by atoms with Crippen LogP contribution in [-0.2, 0) is 11.2 Å². The normalized spacial score (nSPS) is 15.6. The van der Waals surface area contributed by atoms with E-state index in [1.807, 2.05) is 32.2 Å².